The Bertz CT molecular complexity index is 731. The van der Waals surface area contributed by atoms with Gasteiger partial charge in [-0.15, -0.1) is 0 Å². The summed E-state index contributed by atoms with van der Waals surface area (Å²) >= 11 is 1.35. The minimum atomic E-state index is -2.93. The van der Waals surface area contributed by atoms with Gasteiger partial charge in [0.15, 0.2) is 16.7 Å². The third-order valence-electron chi connectivity index (χ3n) is 4.02. The fourth-order valence-electron chi connectivity index (χ4n) is 2.85. The number of amides is 1. The number of carbonyl (C=O) groups excluding carboxylic acids is 1. The van der Waals surface area contributed by atoms with Crippen LogP contribution in [0.25, 0.3) is 6.08 Å². The number of halogens is 2. The molecule has 1 amide bonds. The van der Waals surface area contributed by atoms with Crippen LogP contribution in [0.1, 0.15) is 31.7 Å². The van der Waals surface area contributed by atoms with Crippen LogP contribution in [0.3, 0.4) is 0 Å². The van der Waals surface area contributed by atoms with Crippen LogP contribution in [-0.2, 0) is 4.79 Å². The van der Waals surface area contributed by atoms with Crippen LogP contribution in [-0.4, -0.2) is 42.3 Å². The van der Waals surface area contributed by atoms with Crippen LogP contribution >= 0.6 is 11.8 Å². The van der Waals surface area contributed by atoms with E-state index in [2.05, 4.69) is 14.6 Å². The average molecular weight is 382 g/mol. The first kappa shape index (κ1) is 18.7. The van der Waals surface area contributed by atoms with E-state index in [1.165, 1.54) is 24.2 Å². The highest BCUT2D eigenvalue weighted by Gasteiger charge is 2.27. The molecule has 0 bridgehead atoms. The maximum atomic E-state index is 12.5. The molecule has 0 saturated carbocycles. The van der Waals surface area contributed by atoms with Gasteiger partial charge in [0.25, 0.3) is 5.91 Å². The third kappa shape index (κ3) is 4.55. The fraction of sp³-hybridized carbons (Fsp3) is 0.444. The molecule has 2 aliphatic heterocycles. The van der Waals surface area contributed by atoms with Gasteiger partial charge in [0.1, 0.15) is 0 Å². The lowest BCUT2D eigenvalue weighted by Crippen LogP contribution is -2.33. The van der Waals surface area contributed by atoms with Crippen molar-refractivity contribution in [1.29, 1.82) is 0 Å². The number of amidine groups is 1. The van der Waals surface area contributed by atoms with Gasteiger partial charge >= 0.3 is 6.61 Å². The highest BCUT2D eigenvalue weighted by atomic mass is 32.2. The van der Waals surface area contributed by atoms with Crippen molar-refractivity contribution in [2.24, 2.45) is 4.99 Å². The molecule has 2 aliphatic rings. The van der Waals surface area contributed by atoms with E-state index in [1.54, 1.807) is 25.1 Å². The molecule has 140 valence electrons. The van der Waals surface area contributed by atoms with E-state index in [9.17, 15) is 13.6 Å². The van der Waals surface area contributed by atoms with E-state index >= 15 is 0 Å². The summed E-state index contributed by atoms with van der Waals surface area (Å²) in [7, 11) is 0. The number of likely N-dealkylation sites (tertiary alicyclic amines) is 1. The van der Waals surface area contributed by atoms with Crippen LogP contribution < -0.4 is 9.47 Å². The van der Waals surface area contributed by atoms with Crippen molar-refractivity contribution in [3.8, 4) is 11.5 Å². The molecule has 1 saturated heterocycles. The topological polar surface area (TPSA) is 51.1 Å². The molecule has 0 radical (unpaired) electrons. The summed E-state index contributed by atoms with van der Waals surface area (Å²) < 4.78 is 34.8. The van der Waals surface area contributed by atoms with Gasteiger partial charge in [0.2, 0.25) is 0 Å². The van der Waals surface area contributed by atoms with E-state index in [-0.39, 0.29) is 17.4 Å². The second-order valence-corrected chi connectivity index (χ2v) is 6.88. The molecule has 5 nitrogen and oxygen atoms in total. The van der Waals surface area contributed by atoms with Crippen molar-refractivity contribution in [2.45, 2.75) is 32.8 Å². The lowest BCUT2D eigenvalue weighted by molar-refractivity contribution is -0.113. The Morgan fingerprint density at radius 1 is 1.27 bits per heavy atom. The van der Waals surface area contributed by atoms with E-state index < -0.39 is 6.61 Å². The summed E-state index contributed by atoms with van der Waals surface area (Å²) in [6.45, 7) is 0.981. The zero-order valence-electron chi connectivity index (χ0n) is 14.4. The number of hydrogen-bond acceptors (Lipinski definition) is 5. The Morgan fingerprint density at radius 3 is 2.73 bits per heavy atom. The number of piperidine rings is 1. The molecule has 0 unspecified atom stereocenters. The zero-order valence-corrected chi connectivity index (χ0v) is 15.2. The van der Waals surface area contributed by atoms with Crippen molar-refractivity contribution >= 4 is 28.9 Å². The van der Waals surface area contributed by atoms with Crippen molar-refractivity contribution in [2.75, 3.05) is 19.7 Å². The van der Waals surface area contributed by atoms with E-state index in [4.69, 9.17) is 4.74 Å². The van der Waals surface area contributed by atoms with Crippen LogP contribution in [0, 0.1) is 0 Å². The quantitative estimate of drug-likeness (QED) is 0.717. The Morgan fingerprint density at radius 2 is 2.04 bits per heavy atom. The number of benzene rings is 1. The van der Waals surface area contributed by atoms with Crippen molar-refractivity contribution in [3.63, 3.8) is 0 Å². The predicted octanol–water partition coefficient (Wildman–Crippen LogP) is 4.14. The summed E-state index contributed by atoms with van der Waals surface area (Å²) in [5.74, 6) is -0.0872. The predicted molar refractivity (Wildman–Crippen MR) is 97.7 cm³/mol. The van der Waals surface area contributed by atoms with Crippen LogP contribution in [0.2, 0.25) is 0 Å². The number of thioether (sulfide) groups is 1. The summed E-state index contributed by atoms with van der Waals surface area (Å²) in [5.41, 5.74) is 0.668. The molecule has 0 N–H and O–H groups in total. The molecule has 1 aromatic carbocycles. The number of hydrogen-bond donors (Lipinski definition) is 0. The van der Waals surface area contributed by atoms with E-state index in [0.29, 0.717) is 17.1 Å². The number of alkyl halides is 2. The van der Waals surface area contributed by atoms with Crippen molar-refractivity contribution in [1.82, 2.24) is 4.90 Å². The van der Waals surface area contributed by atoms with Crippen molar-refractivity contribution < 1.29 is 23.0 Å². The lowest BCUT2D eigenvalue weighted by atomic mass is 10.1. The van der Waals surface area contributed by atoms with Gasteiger partial charge in [-0.05, 0) is 61.7 Å². The number of ether oxygens (including phenoxy) is 2. The Kier molecular flexibility index (Phi) is 6.13. The minimum Gasteiger partial charge on any atom is -0.490 e. The number of aliphatic imine (C=N–C) groups is 1. The lowest BCUT2D eigenvalue weighted by Gasteiger charge is -2.27. The van der Waals surface area contributed by atoms with Gasteiger partial charge in [-0.2, -0.15) is 13.8 Å². The average Bonchev–Trinajstić information content (AvgIpc) is 2.98. The molecule has 0 atom stereocenters. The highest BCUT2D eigenvalue weighted by molar-refractivity contribution is 8.18. The maximum absolute atomic E-state index is 12.5. The summed E-state index contributed by atoms with van der Waals surface area (Å²) in [4.78, 5) is 19.0. The molecular formula is C18H20F2N2O3S. The van der Waals surface area contributed by atoms with Crippen LogP contribution in [0.5, 0.6) is 11.5 Å². The molecule has 0 spiro atoms. The maximum Gasteiger partial charge on any atom is 0.387 e. The molecule has 0 aliphatic carbocycles. The standard InChI is InChI=1S/C18H20F2N2O3S/c1-2-24-14-10-12(6-7-13(14)25-17(19)20)11-15-16(23)21-18(26-15)22-8-4-3-5-9-22/h6-7,10-11,17H,2-5,8-9H2,1H3/b15-11+. The monoisotopic (exact) mass is 382 g/mol. The summed E-state index contributed by atoms with van der Waals surface area (Å²) in [6, 6.07) is 4.61. The first-order valence-electron chi connectivity index (χ1n) is 8.56. The van der Waals surface area contributed by atoms with Gasteiger partial charge in [-0.25, -0.2) is 0 Å². The van der Waals surface area contributed by atoms with Gasteiger partial charge in [-0.3, -0.25) is 4.79 Å². The Labute approximate surface area is 155 Å². The molecule has 1 aromatic rings. The summed E-state index contributed by atoms with van der Waals surface area (Å²) in [5, 5.41) is 0.739. The zero-order chi connectivity index (χ0) is 18.5. The van der Waals surface area contributed by atoms with E-state index in [1.807, 2.05) is 0 Å². The SMILES string of the molecule is CCOc1cc(/C=C2/SC(N3CCCCC3)=NC2=O)ccc1OC(F)F. The summed E-state index contributed by atoms with van der Waals surface area (Å²) in [6.07, 6.45) is 5.12. The van der Waals surface area contributed by atoms with Gasteiger partial charge in [0.05, 0.1) is 11.5 Å². The highest BCUT2D eigenvalue weighted by Crippen LogP contribution is 2.34. The second-order valence-electron chi connectivity index (χ2n) is 5.88. The third-order valence-corrected chi connectivity index (χ3v) is 5.06. The first-order chi connectivity index (χ1) is 12.6. The largest absolute Gasteiger partial charge is 0.490 e. The van der Waals surface area contributed by atoms with Crippen LogP contribution in [0.15, 0.2) is 28.1 Å². The minimum absolute atomic E-state index is 0.0281. The fourth-order valence-corrected chi connectivity index (χ4v) is 3.81. The van der Waals surface area contributed by atoms with Gasteiger partial charge in [-0.1, -0.05) is 6.07 Å². The number of rotatable bonds is 5. The normalized spacial score (nSPS) is 19.2. The van der Waals surface area contributed by atoms with Crippen molar-refractivity contribution in [3.05, 3.63) is 28.7 Å². The van der Waals surface area contributed by atoms with Crippen LogP contribution in [0.4, 0.5) is 8.78 Å². The molecular weight excluding hydrogens is 362 g/mol. The number of carbonyl (C=O) groups is 1. The molecule has 1 fully saturated rings. The van der Waals surface area contributed by atoms with E-state index in [0.717, 1.165) is 31.1 Å². The first-order valence-corrected chi connectivity index (χ1v) is 9.37. The van der Waals surface area contributed by atoms with Gasteiger partial charge in [0, 0.05) is 13.1 Å². The Hall–Kier alpha value is -2.09. The second kappa shape index (κ2) is 8.53. The van der Waals surface area contributed by atoms with Gasteiger partial charge < -0.3 is 14.4 Å². The Balaban J connectivity index is 1.77. The molecule has 3 rings (SSSR count). The molecule has 2 heterocycles. The number of nitrogens with zero attached hydrogens (tertiary/aromatic N) is 2. The molecule has 8 heteroatoms. The molecule has 0 aromatic heterocycles. The smallest absolute Gasteiger partial charge is 0.387 e. The molecule has 26 heavy (non-hydrogen) atoms.